The number of nitrogens with one attached hydrogen (secondary N) is 1. The molecule has 2 unspecified atom stereocenters. The lowest BCUT2D eigenvalue weighted by Gasteiger charge is -2.12. The van der Waals surface area contributed by atoms with Gasteiger partial charge in [-0.05, 0) is 17.7 Å². The maximum atomic E-state index is 12.9. The molecule has 0 aromatic heterocycles. The average Bonchev–Trinajstić information content (AvgIpc) is 2.35. The molecule has 0 aliphatic carbocycles. The monoisotopic (exact) mass is 269 g/mol. The van der Waals surface area contributed by atoms with E-state index in [0.29, 0.717) is 5.56 Å². The molecule has 0 saturated carbocycles. The Balaban J connectivity index is 2.46. The van der Waals surface area contributed by atoms with Gasteiger partial charge in [0.25, 0.3) is 0 Å². The van der Waals surface area contributed by atoms with Gasteiger partial charge >= 0.3 is 5.97 Å². The van der Waals surface area contributed by atoms with E-state index in [1.165, 1.54) is 25.1 Å². The molecule has 5 nitrogen and oxygen atoms in total. The van der Waals surface area contributed by atoms with Gasteiger partial charge in [-0.3, -0.25) is 9.59 Å². The molecule has 1 aromatic carbocycles. The molecule has 2 atom stereocenters. The van der Waals surface area contributed by atoms with Crippen molar-refractivity contribution in [3.8, 4) is 0 Å². The van der Waals surface area contributed by atoms with Gasteiger partial charge in [0.1, 0.15) is 5.82 Å². The van der Waals surface area contributed by atoms with E-state index in [-0.39, 0.29) is 13.0 Å². The van der Waals surface area contributed by atoms with E-state index in [0.717, 1.165) is 6.07 Å². The summed E-state index contributed by atoms with van der Waals surface area (Å²) in [6.07, 6.45) is -1.36. The van der Waals surface area contributed by atoms with Crippen LogP contribution in [0.2, 0.25) is 0 Å². The normalized spacial score (nSPS) is 13.6. The third-order valence-electron chi connectivity index (χ3n) is 2.64. The van der Waals surface area contributed by atoms with E-state index in [1.54, 1.807) is 0 Å². The third-order valence-corrected chi connectivity index (χ3v) is 2.64. The lowest BCUT2D eigenvalue weighted by Crippen LogP contribution is -2.32. The van der Waals surface area contributed by atoms with Crippen LogP contribution in [0.15, 0.2) is 24.3 Å². The molecule has 19 heavy (non-hydrogen) atoms. The second kappa shape index (κ2) is 6.84. The number of carbonyl (C=O) groups is 2. The first-order valence-electron chi connectivity index (χ1n) is 5.83. The lowest BCUT2D eigenvalue weighted by molar-refractivity contribution is -0.141. The molecule has 0 aliphatic rings. The van der Waals surface area contributed by atoms with Gasteiger partial charge in [0.05, 0.1) is 18.4 Å². The van der Waals surface area contributed by atoms with Crippen LogP contribution in [0.3, 0.4) is 0 Å². The molecule has 0 saturated heterocycles. The topological polar surface area (TPSA) is 86.6 Å². The van der Waals surface area contributed by atoms with Gasteiger partial charge in [-0.25, -0.2) is 4.39 Å². The van der Waals surface area contributed by atoms with Gasteiger partial charge in [0.2, 0.25) is 5.91 Å². The molecule has 1 amide bonds. The maximum absolute atomic E-state index is 12.9. The van der Waals surface area contributed by atoms with Crippen LogP contribution in [0.1, 0.15) is 25.0 Å². The van der Waals surface area contributed by atoms with Crippen molar-refractivity contribution in [3.63, 3.8) is 0 Å². The van der Waals surface area contributed by atoms with Crippen LogP contribution < -0.4 is 5.32 Å². The van der Waals surface area contributed by atoms with Gasteiger partial charge in [-0.15, -0.1) is 0 Å². The minimum Gasteiger partial charge on any atom is -0.481 e. The molecule has 0 radical (unpaired) electrons. The summed E-state index contributed by atoms with van der Waals surface area (Å²) in [7, 11) is 0. The first kappa shape index (κ1) is 15.1. The largest absolute Gasteiger partial charge is 0.481 e. The molecule has 3 N–H and O–H groups in total. The van der Waals surface area contributed by atoms with Crippen molar-refractivity contribution < 1.29 is 24.2 Å². The fourth-order valence-corrected chi connectivity index (χ4v) is 1.43. The van der Waals surface area contributed by atoms with Crippen molar-refractivity contribution in [3.05, 3.63) is 35.6 Å². The molecule has 0 fully saturated rings. The number of aliphatic hydroxyl groups is 1. The van der Waals surface area contributed by atoms with Gasteiger partial charge in [0, 0.05) is 6.54 Å². The Morgan fingerprint density at radius 1 is 1.42 bits per heavy atom. The van der Waals surface area contributed by atoms with E-state index in [4.69, 9.17) is 5.11 Å². The van der Waals surface area contributed by atoms with Crippen molar-refractivity contribution in [2.24, 2.45) is 5.92 Å². The van der Waals surface area contributed by atoms with E-state index in [1.807, 2.05) is 0 Å². The number of hydrogen-bond donors (Lipinski definition) is 3. The van der Waals surface area contributed by atoms with E-state index in [2.05, 4.69) is 5.32 Å². The first-order chi connectivity index (χ1) is 8.90. The van der Waals surface area contributed by atoms with E-state index < -0.39 is 29.7 Å². The molecule has 0 spiro atoms. The summed E-state index contributed by atoms with van der Waals surface area (Å²) in [5, 5.41) is 20.8. The van der Waals surface area contributed by atoms with Gasteiger partial charge in [-0.2, -0.15) is 0 Å². The van der Waals surface area contributed by atoms with Crippen molar-refractivity contribution in [2.45, 2.75) is 19.4 Å². The Bertz CT molecular complexity index is 464. The summed E-state index contributed by atoms with van der Waals surface area (Å²) in [4.78, 5) is 22.0. The molecule has 0 aliphatic heterocycles. The van der Waals surface area contributed by atoms with Crippen molar-refractivity contribution >= 4 is 11.9 Å². The van der Waals surface area contributed by atoms with E-state index >= 15 is 0 Å². The second-order valence-electron chi connectivity index (χ2n) is 4.32. The Morgan fingerprint density at radius 2 is 2.11 bits per heavy atom. The molecule has 104 valence electrons. The summed E-state index contributed by atoms with van der Waals surface area (Å²) < 4.78 is 12.9. The van der Waals surface area contributed by atoms with Crippen LogP contribution >= 0.6 is 0 Å². The van der Waals surface area contributed by atoms with Gasteiger partial charge < -0.3 is 15.5 Å². The Kier molecular flexibility index (Phi) is 5.44. The zero-order chi connectivity index (χ0) is 14.4. The van der Waals surface area contributed by atoms with Crippen LogP contribution in [0.25, 0.3) is 0 Å². The van der Waals surface area contributed by atoms with Crippen LogP contribution in [-0.4, -0.2) is 28.6 Å². The number of aliphatic carboxylic acids is 1. The minimum absolute atomic E-state index is 0.00988. The fraction of sp³-hybridized carbons (Fsp3) is 0.385. The SMILES string of the molecule is CC(CNC(=O)CC(O)c1cccc(F)c1)C(=O)O. The standard InChI is InChI=1S/C13H16FNO4/c1-8(13(18)19)7-15-12(17)6-11(16)9-3-2-4-10(14)5-9/h2-5,8,11,16H,6-7H2,1H3,(H,15,17)(H,18,19). The Hall–Kier alpha value is -1.95. The number of carbonyl (C=O) groups excluding carboxylic acids is 1. The molecular formula is C13H16FNO4. The number of rotatable bonds is 6. The summed E-state index contributed by atoms with van der Waals surface area (Å²) in [5.74, 6) is -2.68. The number of benzene rings is 1. The first-order valence-corrected chi connectivity index (χ1v) is 5.83. The molecule has 6 heteroatoms. The number of halogens is 1. The fourth-order valence-electron chi connectivity index (χ4n) is 1.43. The Labute approximate surface area is 110 Å². The van der Waals surface area contributed by atoms with Crippen LogP contribution in [0.5, 0.6) is 0 Å². The zero-order valence-electron chi connectivity index (χ0n) is 10.5. The predicted molar refractivity (Wildman–Crippen MR) is 65.8 cm³/mol. The number of amides is 1. The van der Waals surface area contributed by atoms with Gasteiger partial charge in [0.15, 0.2) is 0 Å². The van der Waals surface area contributed by atoms with Crippen LogP contribution in [0.4, 0.5) is 4.39 Å². The van der Waals surface area contributed by atoms with E-state index in [9.17, 15) is 19.1 Å². The third kappa shape index (κ3) is 5.05. The highest BCUT2D eigenvalue weighted by molar-refractivity contribution is 5.77. The van der Waals surface area contributed by atoms with Crippen LogP contribution in [0, 0.1) is 11.7 Å². The quantitative estimate of drug-likeness (QED) is 0.721. The minimum atomic E-state index is -1.11. The molecule has 0 bridgehead atoms. The lowest BCUT2D eigenvalue weighted by atomic mass is 10.1. The highest BCUT2D eigenvalue weighted by atomic mass is 19.1. The number of carboxylic acids is 1. The summed E-state index contributed by atoms with van der Waals surface area (Å²) in [5.41, 5.74) is 0.307. The number of aliphatic hydroxyl groups excluding tert-OH is 1. The van der Waals surface area contributed by atoms with Crippen molar-refractivity contribution in [1.82, 2.24) is 5.32 Å². The number of carboxylic acid groups (broad SMARTS) is 1. The summed E-state index contributed by atoms with van der Waals surface area (Å²) in [6, 6.07) is 5.35. The summed E-state index contributed by atoms with van der Waals surface area (Å²) in [6.45, 7) is 1.45. The maximum Gasteiger partial charge on any atom is 0.308 e. The average molecular weight is 269 g/mol. The van der Waals surface area contributed by atoms with Crippen molar-refractivity contribution in [2.75, 3.05) is 6.54 Å². The predicted octanol–water partition coefficient (Wildman–Crippen LogP) is 1.09. The molecule has 0 heterocycles. The van der Waals surface area contributed by atoms with Crippen LogP contribution in [-0.2, 0) is 9.59 Å². The van der Waals surface area contributed by atoms with Crippen molar-refractivity contribution in [1.29, 1.82) is 0 Å². The smallest absolute Gasteiger partial charge is 0.308 e. The zero-order valence-corrected chi connectivity index (χ0v) is 10.5. The molecule has 1 aromatic rings. The molecular weight excluding hydrogens is 253 g/mol. The second-order valence-corrected chi connectivity index (χ2v) is 4.32. The van der Waals surface area contributed by atoms with Gasteiger partial charge in [-0.1, -0.05) is 19.1 Å². The number of hydrogen-bond acceptors (Lipinski definition) is 3. The summed E-state index contributed by atoms with van der Waals surface area (Å²) >= 11 is 0. The molecule has 1 rings (SSSR count). The highest BCUT2D eigenvalue weighted by Crippen LogP contribution is 2.17. The highest BCUT2D eigenvalue weighted by Gasteiger charge is 2.16. The Morgan fingerprint density at radius 3 is 2.68 bits per heavy atom.